The number of H-pyrrole nitrogens is 1. The van der Waals surface area contributed by atoms with Crippen LogP contribution in [0.3, 0.4) is 0 Å². The number of ether oxygens (including phenoxy) is 1. The highest BCUT2D eigenvalue weighted by molar-refractivity contribution is 5.79. The van der Waals surface area contributed by atoms with E-state index in [2.05, 4.69) is 15.2 Å². The number of nitriles is 1. The van der Waals surface area contributed by atoms with Gasteiger partial charge in [-0.05, 0) is 18.2 Å². The second-order valence-corrected chi connectivity index (χ2v) is 3.72. The maximum atomic E-state index is 8.67. The van der Waals surface area contributed by atoms with E-state index in [4.69, 9.17) is 10.00 Å². The predicted molar refractivity (Wildman–Crippen MR) is 65.1 cm³/mol. The summed E-state index contributed by atoms with van der Waals surface area (Å²) in [4.78, 5) is 4.04. The summed E-state index contributed by atoms with van der Waals surface area (Å²) in [6, 6.07) is 10.9. The minimum atomic E-state index is 0.452. The molecule has 0 saturated carbocycles. The van der Waals surface area contributed by atoms with E-state index < -0.39 is 0 Å². The summed E-state index contributed by atoms with van der Waals surface area (Å²) in [5.41, 5.74) is 1.41. The van der Waals surface area contributed by atoms with E-state index in [1.54, 1.807) is 18.3 Å². The fourth-order valence-electron chi connectivity index (χ4n) is 1.61. The second-order valence-electron chi connectivity index (χ2n) is 3.72. The number of hydrogen-bond acceptors (Lipinski definition) is 4. The van der Waals surface area contributed by atoms with Crippen LogP contribution in [-0.2, 0) is 0 Å². The molecule has 2 heterocycles. The third-order valence-electron chi connectivity index (χ3n) is 2.50. The summed E-state index contributed by atoms with van der Waals surface area (Å²) >= 11 is 0. The minimum Gasteiger partial charge on any atom is -0.439 e. The number of pyridine rings is 1. The Kier molecular flexibility index (Phi) is 2.39. The Hall–Kier alpha value is -2.87. The molecule has 86 valence electrons. The largest absolute Gasteiger partial charge is 0.439 e. The van der Waals surface area contributed by atoms with Crippen molar-refractivity contribution in [3.8, 4) is 17.7 Å². The first-order valence-electron chi connectivity index (χ1n) is 5.32. The fourth-order valence-corrected chi connectivity index (χ4v) is 1.61. The lowest BCUT2D eigenvalue weighted by Crippen LogP contribution is -1.88. The summed E-state index contributed by atoms with van der Waals surface area (Å²) in [7, 11) is 0. The van der Waals surface area contributed by atoms with Gasteiger partial charge in [0.2, 0.25) is 5.88 Å². The van der Waals surface area contributed by atoms with Gasteiger partial charge in [0.25, 0.3) is 0 Å². The molecule has 3 rings (SSSR count). The standard InChI is InChI=1S/C13H8N4O/c14-6-9-1-4-13(15-7-9)18-11-3-2-10-8-16-17-12(10)5-11/h1-5,7-8H,(H,16,17). The van der Waals surface area contributed by atoms with Crippen LogP contribution in [0.5, 0.6) is 11.6 Å². The Balaban J connectivity index is 1.88. The first-order chi connectivity index (χ1) is 8.85. The van der Waals surface area contributed by atoms with Crippen LogP contribution in [0.1, 0.15) is 5.56 Å². The van der Waals surface area contributed by atoms with E-state index in [9.17, 15) is 0 Å². The number of aromatic nitrogens is 3. The van der Waals surface area contributed by atoms with Crippen molar-refractivity contribution in [2.75, 3.05) is 0 Å². The van der Waals surface area contributed by atoms with Crippen molar-refractivity contribution in [3.05, 3.63) is 48.3 Å². The number of nitrogens with one attached hydrogen (secondary N) is 1. The van der Waals surface area contributed by atoms with Gasteiger partial charge in [-0.2, -0.15) is 10.4 Å². The zero-order valence-electron chi connectivity index (χ0n) is 9.29. The van der Waals surface area contributed by atoms with Gasteiger partial charge in [-0.1, -0.05) is 0 Å². The molecule has 2 aromatic heterocycles. The predicted octanol–water partition coefficient (Wildman–Crippen LogP) is 2.62. The molecule has 0 aliphatic heterocycles. The van der Waals surface area contributed by atoms with Crippen LogP contribution in [0.25, 0.3) is 10.9 Å². The van der Waals surface area contributed by atoms with Crippen molar-refractivity contribution in [1.82, 2.24) is 15.2 Å². The number of fused-ring (bicyclic) bond motifs is 1. The molecule has 0 saturated heterocycles. The van der Waals surface area contributed by atoms with E-state index >= 15 is 0 Å². The summed E-state index contributed by atoms with van der Waals surface area (Å²) < 4.78 is 5.59. The summed E-state index contributed by atoms with van der Waals surface area (Å²) in [5.74, 6) is 1.12. The second kappa shape index (κ2) is 4.18. The minimum absolute atomic E-state index is 0.452. The monoisotopic (exact) mass is 236 g/mol. The lowest BCUT2D eigenvalue weighted by atomic mass is 10.2. The summed E-state index contributed by atoms with van der Waals surface area (Å²) in [5, 5.41) is 16.5. The molecule has 0 spiro atoms. The summed E-state index contributed by atoms with van der Waals surface area (Å²) in [6.07, 6.45) is 3.23. The van der Waals surface area contributed by atoms with Crippen LogP contribution in [0.15, 0.2) is 42.7 Å². The van der Waals surface area contributed by atoms with Gasteiger partial charge in [0.1, 0.15) is 11.8 Å². The van der Waals surface area contributed by atoms with E-state index in [0.29, 0.717) is 17.2 Å². The number of rotatable bonds is 2. The Morgan fingerprint density at radius 1 is 1.17 bits per heavy atom. The van der Waals surface area contributed by atoms with Crippen molar-refractivity contribution >= 4 is 10.9 Å². The van der Waals surface area contributed by atoms with E-state index in [0.717, 1.165) is 10.9 Å². The van der Waals surface area contributed by atoms with Crippen LogP contribution in [-0.4, -0.2) is 15.2 Å². The van der Waals surface area contributed by atoms with Gasteiger partial charge in [0.15, 0.2) is 0 Å². The summed E-state index contributed by atoms with van der Waals surface area (Å²) in [6.45, 7) is 0. The lowest BCUT2D eigenvalue weighted by Gasteiger charge is -2.04. The first kappa shape index (κ1) is 10.3. The van der Waals surface area contributed by atoms with Crippen molar-refractivity contribution in [2.45, 2.75) is 0 Å². The maximum Gasteiger partial charge on any atom is 0.219 e. The number of nitrogens with zero attached hydrogens (tertiary/aromatic N) is 3. The third kappa shape index (κ3) is 1.87. The smallest absolute Gasteiger partial charge is 0.219 e. The topological polar surface area (TPSA) is 74.6 Å². The molecule has 18 heavy (non-hydrogen) atoms. The van der Waals surface area contributed by atoms with E-state index in [1.807, 2.05) is 24.3 Å². The number of aromatic amines is 1. The fraction of sp³-hybridized carbons (Fsp3) is 0. The van der Waals surface area contributed by atoms with Crippen molar-refractivity contribution < 1.29 is 4.74 Å². The molecule has 0 bridgehead atoms. The van der Waals surface area contributed by atoms with Crippen LogP contribution < -0.4 is 4.74 Å². The normalized spacial score (nSPS) is 10.2. The first-order valence-corrected chi connectivity index (χ1v) is 5.32. The zero-order valence-corrected chi connectivity index (χ0v) is 9.29. The molecule has 3 aromatic rings. The number of hydrogen-bond donors (Lipinski definition) is 1. The quantitative estimate of drug-likeness (QED) is 0.742. The van der Waals surface area contributed by atoms with Crippen molar-refractivity contribution in [2.24, 2.45) is 0 Å². The van der Waals surface area contributed by atoms with Gasteiger partial charge in [-0.25, -0.2) is 4.98 Å². The molecule has 0 aliphatic carbocycles. The van der Waals surface area contributed by atoms with Crippen LogP contribution in [0.2, 0.25) is 0 Å². The maximum absolute atomic E-state index is 8.67. The van der Waals surface area contributed by atoms with E-state index in [-0.39, 0.29) is 0 Å². The Bertz CT molecular complexity index is 725. The molecule has 1 N–H and O–H groups in total. The SMILES string of the molecule is N#Cc1ccc(Oc2ccc3cn[nH]c3c2)nc1. The van der Waals surface area contributed by atoms with Crippen molar-refractivity contribution in [1.29, 1.82) is 5.26 Å². The molecular weight excluding hydrogens is 228 g/mol. The lowest BCUT2D eigenvalue weighted by molar-refractivity contribution is 0.463. The highest BCUT2D eigenvalue weighted by atomic mass is 16.5. The van der Waals surface area contributed by atoms with Gasteiger partial charge in [0, 0.05) is 23.7 Å². The molecule has 0 atom stereocenters. The molecule has 0 amide bonds. The van der Waals surface area contributed by atoms with Crippen molar-refractivity contribution in [3.63, 3.8) is 0 Å². The van der Waals surface area contributed by atoms with Crippen LogP contribution in [0.4, 0.5) is 0 Å². The van der Waals surface area contributed by atoms with Gasteiger partial charge < -0.3 is 4.74 Å². The molecule has 0 fully saturated rings. The Morgan fingerprint density at radius 2 is 2.11 bits per heavy atom. The van der Waals surface area contributed by atoms with Gasteiger partial charge >= 0.3 is 0 Å². The molecular formula is C13H8N4O. The average molecular weight is 236 g/mol. The van der Waals surface area contributed by atoms with Crippen LogP contribution in [0, 0.1) is 11.3 Å². The average Bonchev–Trinajstić information content (AvgIpc) is 2.87. The van der Waals surface area contributed by atoms with Gasteiger partial charge in [-0.3, -0.25) is 5.10 Å². The molecule has 0 unspecified atom stereocenters. The highest BCUT2D eigenvalue weighted by Gasteiger charge is 2.01. The highest BCUT2D eigenvalue weighted by Crippen LogP contribution is 2.23. The molecule has 5 nitrogen and oxygen atoms in total. The number of benzene rings is 1. The Morgan fingerprint density at radius 3 is 2.89 bits per heavy atom. The Labute approximate surface area is 103 Å². The van der Waals surface area contributed by atoms with Crippen LogP contribution >= 0.6 is 0 Å². The van der Waals surface area contributed by atoms with E-state index in [1.165, 1.54) is 6.20 Å². The molecule has 5 heteroatoms. The van der Waals surface area contributed by atoms with Gasteiger partial charge in [0.05, 0.1) is 17.3 Å². The molecule has 0 radical (unpaired) electrons. The molecule has 1 aromatic carbocycles. The zero-order chi connectivity index (χ0) is 12.4. The third-order valence-corrected chi connectivity index (χ3v) is 2.50. The van der Waals surface area contributed by atoms with Gasteiger partial charge in [-0.15, -0.1) is 0 Å². The molecule has 0 aliphatic rings.